The van der Waals surface area contributed by atoms with Gasteiger partial charge in [-0.15, -0.1) is 0 Å². The molecule has 0 aromatic heterocycles. The lowest BCUT2D eigenvalue weighted by atomic mass is 10.2. The van der Waals surface area contributed by atoms with Crippen LogP contribution in [0.2, 0.25) is 0 Å². The van der Waals surface area contributed by atoms with Crippen LogP contribution in [0.25, 0.3) is 0 Å². The van der Waals surface area contributed by atoms with Crippen LogP contribution in [0.4, 0.5) is 11.4 Å². The smallest absolute Gasteiger partial charge is 0.226 e. The molecule has 132 valence electrons. The molecule has 0 aliphatic carbocycles. The second kappa shape index (κ2) is 8.28. The van der Waals surface area contributed by atoms with Crippen LogP contribution in [-0.4, -0.2) is 32.3 Å². The maximum atomic E-state index is 12.1. The lowest BCUT2D eigenvalue weighted by Gasteiger charge is -2.19. The maximum Gasteiger partial charge on any atom is 0.226 e. The number of anilines is 2. The van der Waals surface area contributed by atoms with Crippen molar-refractivity contribution in [2.45, 2.75) is 13.3 Å². The number of fused-ring (bicyclic) bond motifs is 1. The van der Waals surface area contributed by atoms with Crippen molar-refractivity contribution in [2.75, 3.05) is 37.0 Å². The highest BCUT2D eigenvalue weighted by Crippen LogP contribution is 2.32. The lowest BCUT2D eigenvalue weighted by Crippen LogP contribution is -2.17. The van der Waals surface area contributed by atoms with Crippen molar-refractivity contribution in [3.63, 3.8) is 0 Å². The van der Waals surface area contributed by atoms with E-state index in [4.69, 9.17) is 14.2 Å². The summed E-state index contributed by atoms with van der Waals surface area (Å²) in [7, 11) is 0. The van der Waals surface area contributed by atoms with Crippen LogP contribution in [0.3, 0.4) is 0 Å². The zero-order valence-electron chi connectivity index (χ0n) is 14.2. The largest absolute Gasteiger partial charge is 0.492 e. The SMILES string of the molecule is CCOc1ccccc1NC(=O)CCNc1ccc2c(c1)OCCO2. The van der Waals surface area contributed by atoms with Crippen LogP contribution in [0.15, 0.2) is 42.5 Å². The molecule has 2 aromatic rings. The van der Waals surface area contributed by atoms with E-state index >= 15 is 0 Å². The Bertz CT molecular complexity index is 733. The van der Waals surface area contributed by atoms with E-state index < -0.39 is 0 Å². The van der Waals surface area contributed by atoms with Crippen LogP contribution in [0.5, 0.6) is 17.2 Å². The number of carbonyl (C=O) groups excluding carboxylic acids is 1. The van der Waals surface area contributed by atoms with Crippen molar-refractivity contribution in [2.24, 2.45) is 0 Å². The quantitative estimate of drug-likeness (QED) is 0.808. The third-order valence-corrected chi connectivity index (χ3v) is 3.68. The molecule has 0 atom stereocenters. The van der Waals surface area contributed by atoms with Gasteiger partial charge >= 0.3 is 0 Å². The molecule has 25 heavy (non-hydrogen) atoms. The number of hydrogen-bond acceptors (Lipinski definition) is 5. The maximum absolute atomic E-state index is 12.1. The molecule has 1 amide bonds. The van der Waals surface area contributed by atoms with Crippen molar-refractivity contribution in [3.8, 4) is 17.2 Å². The standard InChI is InChI=1S/C19H22N2O4/c1-2-23-16-6-4-3-5-15(16)21-19(22)9-10-20-14-7-8-17-18(13-14)25-12-11-24-17/h3-8,13,20H,2,9-12H2,1H3,(H,21,22). The number of rotatable bonds is 7. The molecule has 1 heterocycles. The van der Waals surface area contributed by atoms with Gasteiger partial charge in [-0.3, -0.25) is 4.79 Å². The topological polar surface area (TPSA) is 68.8 Å². The Labute approximate surface area is 147 Å². The van der Waals surface area contributed by atoms with Gasteiger partial charge in [0, 0.05) is 24.7 Å². The minimum absolute atomic E-state index is 0.0720. The van der Waals surface area contributed by atoms with Gasteiger partial charge in [-0.1, -0.05) is 12.1 Å². The van der Waals surface area contributed by atoms with Crippen LogP contribution < -0.4 is 24.8 Å². The zero-order chi connectivity index (χ0) is 17.5. The fourth-order valence-electron chi connectivity index (χ4n) is 2.54. The van der Waals surface area contributed by atoms with Crippen molar-refractivity contribution in [1.29, 1.82) is 0 Å². The van der Waals surface area contributed by atoms with E-state index in [0.717, 1.165) is 17.2 Å². The second-order valence-corrected chi connectivity index (χ2v) is 5.51. The van der Waals surface area contributed by atoms with E-state index in [0.29, 0.717) is 44.2 Å². The molecule has 6 nitrogen and oxygen atoms in total. The summed E-state index contributed by atoms with van der Waals surface area (Å²) in [5.41, 5.74) is 1.58. The Morgan fingerprint density at radius 1 is 1.12 bits per heavy atom. The third kappa shape index (κ3) is 4.56. The molecule has 1 aliphatic rings. The lowest BCUT2D eigenvalue weighted by molar-refractivity contribution is -0.116. The van der Waals surface area contributed by atoms with Crippen LogP contribution >= 0.6 is 0 Å². The summed E-state index contributed by atoms with van der Waals surface area (Å²) in [6.45, 7) is 4.11. The first-order valence-corrected chi connectivity index (χ1v) is 8.41. The molecular formula is C19H22N2O4. The summed E-state index contributed by atoms with van der Waals surface area (Å²) < 4.78 is 16.5. The summed E-state index contributed by atoms with van der Waals surface area (Å²) >= 11 is 0. The summed E-state index contributed by atoms with van der Waals surface area (Å²) in [4.78, 5) is 12.1. The minimum Gasteiger partial charge on any atom is -0.492 e. The van der Waals surface area contributed by atoms with Gasteiger partial charge in [-0.05, 0) is 31.2 Å². The van der Waals surface area contributed by atoms with Gasteiger partial charge in [-0.25, -0.2) is 0 Å². The van der Waals surface area contributed by atoms with Crippen LogP contribution in [-0.2, 0) is 4.79 Å². The molecule has 0 radical (unpaired) electrons. The van der Waals surface area contributed by atoms with E-state index in [1.54, 1.807) is 0 Å². The number of amides is 1. The number of benzene rings is 2. The van der Waals surface area contributed by atoms with Crippen molar-refractivity contribution < 1.29 is 19.0 Å². The molecule has 1 aliphatic heterocycles. The molecule has 2 aromatic carbocycles. The summed E-state index contributed by atoms with van der Waals surface area (Å²) in [6, 6.07) is 13.1. The number of nitrogens with one attached hydrogen (secondary N) is 2. The molecule has 6 heteroatoms. The van der Waals surface area contributed by atoms with Gasteiger partial charge in [0.05, 0.1) is 12.3 Å². The first-order valence-electron chi connectivity index (χ1n) is 8.41. The number of carbonyl (C=O) groups is 1. The van der Waals surface area contributed by atoms with E-state index in [2.05, 4.69) is 10.6 Å². The highest BCUT2D eigenvalue weighted by Gasteiger charge is 2.12. The van der Waals surface area contributed by atoms with Crippen LogP contribution in [0.1, 0.15) is 13.3 Å². The summed E-state index contributed by atoms with van der Waals surface area (Å²) in [5, 5.41) is 6.11. The Morgan fingerprint density at radius 2 is 1.92 bits per heavy atom. The van der Waals surface area contributed by atoms with Crippen molar-refractivity contribution >= 4 is 17.3 Å². The molecule has 0 bridgehead atoms. The van der Waals surface area contributed by atoms with Crippen molar-refractivity contribution in [1.82, 2.24) is 0 Å². The average Bonchev–Trinajstić information content (AvgIpc) is 2.63. The van der Waals surface area contributed by atoms with Gasteiger partial charge in [0.1, 0.15) is 19.0 Å². The Morgan fingerprint density at radius 3 is 2.76 bits per heavy atom. The number of ether oxygens (including phenoxy) is 3. The van der Waals surface area contributed by atoms with Gasteiger partial charge < -0.3 is 24.8 Å². The predicted octanol–water partition coefficient (Wildman–Crippen LogP) is 3.30. The average molecular weight is 342 g/mol. The number of hydrogen-bond donors (Lipinski definition) is 2. The molecule has 0 saturated carbocycles. The predicted molar refractivity (Wildman–Crippen MR) is 96.8 cm³/mol. The van der Waals surface area contributed by atoms with Gasteiger partial charge in [0.15, 0.2) is 11.5 Å². The Hall–Kier alpha value is -2.89. The fraction of sp³-hybridized carbons (Fsp3) is 0.316. The minimum atomic E-state index is -0.0720. The Balaban J connectivity index is 1.50. The summed E-state index contributed by atoms with van der Waals surface area (Å²) in [5.74, 6) is 2.09. The van der Waals surface area contributed by atoms with Gasteiger partial charge in [0.2, 0.25) is 5.91 Å². The Kier molecular flexibility index (Phi) is 5.61. The first kappa shape index (κ1) is 17.0. The molecule has 0 saturated heterocycles. The summed E-state index contributed by atoms with van der Waals surface area (Å²) in [6.07, 6.45) is 0.342. The molecule has 2 N–H and O–H groups in total. The molecule has 3 rings (SSSR count). The van der Waals surface area contributed by atoms with Crippen molar-refractivity contribution in [3.05, 3.63) is 42.5 Å². The monoisotopic (exact) mass is 342 g/mol. The zero-order valence-corrected chi connectivity index (χ0v) is 14.2. The fourth-order valence-corrected chi connectivity index (χ4v) is 2.54. The highest BCUT2D eigenvalue weighted by atomic mass is 16.6. The first-order chi connectivity index (χ1) is 12.3. The van der Waals surface area contributed by atoms with E-state index in [1.807, 2.05) is 49.4 Å². The second-order valence-electron chi connectivity index (χ2n) is 5.51. The van der Waals surface area contributed by atoms with Gasteiger partial charge in [0.25, 0.3) is 0 Å². The number of para-hydroxylation sites is 2. The molecular weight excluding hydrogens is 320 g/mol. The van der Waals surface area contributed by atoms with E-state index in [9.17, 15) is 4.79 Å². The molecule has 0 fully saturated rings. The van der Waals surface area contributed by atoms with E-state index in [1.165, 1.54) is 0 Å². The van der Waals surface area contributed by atoms with Crippen LogP contribution in [0, 0.1) is 0 Å². The van der Waals surface area contributed by atoms with E-state index in [-0.39, 0.29) is 5.91 Å². The molecule has 0 spiro atoms. The highest BCUT2D eigenvalue weighted by molar-refractivity contribution is 5.92. The normalized spacial score (nSPS) is 12.4. The van der Waals surface area contributed by atoms with Gasteiger partial charge in [-0.2, -0.15) is 0 Å². The molecule has 0 unspecified atom stereocenters. The third-order valence-electron chi connectivity index (χ3n) is 3.68.